The Morgan fingerprint density at radius 1 is 0.655 bits per heavy atom. The molecule has 0 heterocycles. The molecule has 162 valence electrons. The molecule has 0 saturated heterocycles. The normalized spacial score (nSPS) is 10.1. The van der Waals surface area contributed by atoms with E-state index >= 15 is 0 Å². The first kappa shape index (κ1) is 28.1. The molecule has 0 spiro atoms. The van der Waals surface area contributed by atoms with Gasteiger partial charge in [0.25, 0.3) is 0 Å². The quantitative estimate of drug-likeness (QED) is 0.409. The van der Waals surface area contributed by atoms with Crippen LogP contribution in [0.1, 0.15) is 50.7 Å². The van der Waals surface area contributed by atoms with E-state index in [0.29, 0.717) is 11.8 Å². The van der Waals surface area contributed by atoms with Crippen molar-refractivity contribution in [3.8, 4) is 11.5 Å². The van der Waals surface area contributed by atoms with Crippen molar-refractivity contribution in [2.75, 3.05) is 38.0 Å². The molecule has 0 amide bonds. The van der Waals surface area contributed by atoms with Gasteiger partial charge in [0.1, 0.15) is 0 Å². The first-order chi connectivity index (χ1) is 12.7. The molecule has 0 radical (unpaired) electrons. The van der Waals surface area contributed by atoms with Crippen molar-refractivity contribution in [1.29, 1.82) is 0 Å². The zero-order chi connectivity index (χ0) is 20.1. The molecule has 0 saturated carbocycles. The molecule has 0 fully saturated rings. The summed E-state index contributed by atoms with van der Waals surface area (Å²) in [7, 11) is 8.21. The van der Waals surface area contributed by atoms with Crippen molar-refractivity contribution in [2.45, 2.75) is 39.5 Å². The van der Waals surface area contributed by atoms with Crippen LogP contribution in [-0.2, 0) is 24.1 Å². The number of hydrogen-bond donors (Lipinski definition) is 0. The molecule has 0 aromatic heterocycles. The summed E-state index contributed by atoms with van der Waals surface area (Å²) in [4.78, 5) is 4.21. The average molecular weight is 521 g/mol. The van der Waals surface area contributed by atoms with Crippen LogP contribution in [0, 0.1) is 0 Å². The summed E-state index contributed by atoms with van der Waals surface area (Å²) >= 11 is -1.57. The number of rotatable bonds is 8. The van der Waals surface area contributed by atoms with Crippen LogP contribution in [0.15, 0.2) is 36.4 Å². The van der Waals surface area contributed by atoms with Gasteiger partial charge in [-0.25, -0.2) is 0 Å². The Labute approximate surface area is 201 Å². The number of para-hydroxylation sites is 2. The molecule has 29 heavy (non-hydrogen) atoms. The van der Waals surface area contributed by atoms with Gasteiger partial charge in [-0.05, 0) is 0 Å². The topological polar surface area (TPSA) is 24.9 Å². The molecular formula is C22H34Cl2N2O2Zr. The Kier molecular flexibility index (Phi) is 12.3. The third kappa shape index (κ3) is 7.08. The summed E-state index contributed by atoms with van der Waals surface area (Å²) in [6.45, 7) is 8.80. The standard InChI is InChI=1S/2C11H17NO.2ClH.Zr/c2*1-8(2)9-6-5-7-10(11(9)13)12(3)4;;;/h2*5-8,13H,1-4H3;2*1H;/q;;;;+2/p-2. The first-order valence-corrected chi connectivity index (χ1v) is 11.4. The zero-order valence-electron chi connectivity index (χ0n) is 18.6. The molecule has 0 aliphatic rings. The van der Waals surface area contributed by atoms with Gasteiger partial charge in [-0.1, -0.05) is 0 Å². The number of hydrogen-bond acceptors (Lipinski definition) is 4. The van der Waals surface area contributed by atoms with Crippen LogP contribution in [0.2, 0.25) is 0 Å². The van der Waals surface area contributed by atoms with E-state index in [2.05, 4.69) is 102 Å². The summed E-state index contributed by atoms with van der Waals surface area (Å²) in [5.41, 5.74) is 4.68. The van der Waals surface area contributed by atoms with Crippen LogP contribution in [0.4, 0.5) is 11.4 Å². The van der Waals surface area contributed by atoms with Gasteiger partial charge in [0, 0.05) is 0 Å². The van der Waals surface area contributed by atoms with Gasteiger partial charge in [-0.15, -0.1) is 24.8 Å². The minimum Gasteiger partial charge on any atom is -0.147 e. The number of halogens is 2. The van der Waals surface area contributed by atoms with E-state index in [0.717, 1.165) is 22.9 Å². The molecule has 0 aliphatic heterocycles. The van der Waals surface area contributed by atoms with Crippen LogP contribution in [0.25, 0.3) is 0 Å². The molecule has 2 rings (SSSR count). The van der Waals surface area contributed by atoms with E-state index in [1.165, 1.54) is 11.1 Å². The summed E-state index contributed by atoms with van der Waals surface area (Å²) in [5, 5.41) is 0. The van der Waals surface area contributed by atoms with E-state index in [-0.39, 0.29) is 24.8 Å². The third-order valence-corrected chi connectivity index (χ3v) is 5.96. The molecule has 0 N–H and O–H groups in total. The van der Waals surface area contributed by atoms with E-state index in [9.17, 15) is 0 Å². The van der Waals surface area contributed by atoms with Gasteiger partial charge in [0.05, 0.1) is 0 Å². The van der Waals surface area contributed by atoms with E-state index in [4.69, 9.17) is 5.63 Å². The maximum Gasteiger partial charge on any atom is -0.147 e. The Morgan fingerprint density at radius 3 is 1.28 bits per heavy atom. The molecule has 4 nitrogen and oxygen atoms in total. The van der Waals surface area contributed by atoms with Crippen molar-refractivity contribution >= 4 is 36.2 Å². The second kappa shape index (κ2) is 12.7. The Hall–Kier alpha value is -0.897. The van der Waals surface area contributed by atoms with E-state index in [1.54, 1.807) is 0 Å². The van der Waals surface area contributed by atoms with E-state index < -0.39 is 24.1 Å². The van der Waals surface area contributed by atoms with Crippen molar-refractivity contribution < 1.29 is 29.7 Å². The maximum atomic E-state index is 6.35. The predicted molar refractivity (Wildman–Crippen MR) is 125 cm³/mol. The first-order valence-electron chi connectivity index (χ1n) is 9.43. The third-order valence-electron chi connectivity index (χ3n) is 4.54. The van der Waals surface area contributed by atoms with Gasteiger partial charge >= 0.3 is 178 Å². The van der Waals surface area contributed by atoms with Gasteiger partial charge < -0.3 is 0 Å². The summed E-state index contributed by atoms with van der Waals surface area (Å²) in [6.07, 6.45) is 0. The fraction of sp³-hybridized carbons (Fsp3) is 0.455. The second-order valence-electron chi connectivity index (χ2n) is 7.78. The van der Waals surface area contributed by atoms with Crippen LogP contribution < -0.4 is 15.4 Å². The summed E-state index contributed by atoms with van der Waals surface area (Å²) < 4.78 is 12.7. The molecular weight excluding hydrogens is 486 g/mol. The molecule has 7 heteroatoms. The maximum absolute atomic E-state index is 6.35. The Morgan fingerprint density at radius 2 is 1.00 bits per heavy atom. The predicted octanol–water partition coefficient (Wildman–Crippen LogP) is 6.28. The Bertz CT molecular complexity index is 652. The molecule has 0 unspecified atom stereocenters. The van der Waals surface area contributed by atoms with Crippen molar-refractivity contribution in [2.24, 2.45) is 0 Å². The number of nitrogens with zero attached hydrogens (tertiary/aromatic N) is 2. The number of benzene rings is 2. The number of anilines is 2. The van der Waals surface area contributed by atoms with Crippen LogP contribution >= 0.6 is 24.8 Å². The SMILES string of the molecule is CC(C)c1cccc(N(C)C)c1[O][Zr][O]c1c(C(C)C)cccc1N(C)C.Cl.Cl. The fourth-order valence-electron chi connectivity index (χ4n) is 3.02. The Balaban J connectivity index is 0.00000392. The fourth-order valence-corrected chi connectivity index (χ4v) is 4.63. The van der Waals surface area contributed by atoms with Crippen LogP contribution in [-0.4, -0.2) is 28.2 Å². The van der Waals surface area contributed by atoms with Crippen molar-refractivity contribution in [3.05, 3.63) is 47.5 Å². The van der Waals surface area contributed by atoms with Gasteiger partial charge in [-0.3, -0.25) is 0 Å². The van der Waals surface area contributed by atoms with Crippen LogP contribution in [0.5, 0.6) is 11.5 Å². The summed E-state index contributed by atoms with van der Waals surface area (Å²) in [6, 6.07) is 12.7. The van der Waals surface area contributed by atoms with Gasteiger partial charge in [-0.2, -0.15) is 0 Å². The molecule has 2 aromatic rings. The molecule has 0 atom stereocenters. The largest absolute Gasteiger partial charge is 0.147 e. The average Bonchev–Trinajstić information content (AvgIpc) is 2.61. The van der Waals surface area contributed by atoms with Crippen LogP contribution in [0.3, 0.4) is 0 Å². The molecule has 0 aliphatic carbocycles. The molecule has 2 aromatic carbocycles. The monoisotopic (exact) mass is 518 g/mol. The zero-order valence-corrected chi connectivity index (χ0v) is 22.7. The summed E-state index contributed by atoms with van der Waals surface area (Å²) in [5.74, 6) is 2.74. The minimum atomic E-state index is -1.57. The smallest absolute Gasteiger partial charge is 0.147 e. The van der Waals surface area contributed by atoms with Gasteiger partial charge in [0.15, 0.2) is 0 Å². The van der Waals surface area contributed by atoms with Crippen molar-refractivity contribution in [3.63, 3.8) is 0 Å². The minimum absolute atomic E-state index is 0. The van der Waals surface area contributed by atoms with Gasteiger partial charge in [0.2, 0.25) is 0 Å². The molecule has 0 bridgehead atoms. The van der Waals surface area contributed by atoms with E-state index in [1.807, 2.05) is 0 Å². The second-order valence-corrected chi connectivity index (χ2v) is 9.19. The van der Waals surface area contributed by atoms with Crippen molar-refractivity contribution in [1.82, 2.24) is 0 Å².